The molecule has 0 radical (unpaired) electrons. The smallest absolute Gasteiger partial charge is 0.238 e. The molecule has 8 nitrogen and oxygen atoms in total. The van der Waals surface area contributed by atoms with E-state index < -0.39 is 35.5 Å². The fourth-order valence-electron chi connectivity index (χ4n) is 8.13. The average Bonchev–Trinajstić information content (AvgIpc) is 3.47. The van der Waals surface area contributed by atoms with Crippen LogP contribution in [0.5, 0.6) is 11.5 Å². The third kappa shape index (κ3) is 4.41. The first-order chi connectivity index (χ1) is 21.8. The number of hydrogen-bond donors (Lipinski definition) is 1. The van der Waals surface area contributed by atoms with E-state index in [2.05, 4.69) is 6.92 Å². The molecule has 3 aromatic rings. The molecule has 1 N–H and O–H groups in total. The lowest BCUT2D eigenvalue weighted by molar-refractivity contribution is -0.126. The highest BCUT2D eigenvalue weighted by atomic mass is 16.5. The molecule has 3 aromatic carbocycles. The molecular formula is C37H36N2O6. The van der Waals surface area contributed by atoms with E-state index in [0.717, 1.165) is 29.5 Å². The SMILES string of the molecule is CCc1ccc(N2C(=O)[C@H]3[C@H](CC=C4[C@H]3C[C@H]3C(=O)N(c5ccc(CC)cc5)C(=O)[C@H]3[C@H]4c3ccc(OC)c(O)c3)C2=O)cc1. The van der Waals surface area contributed by atoms with Crippen molar-refractivity contribution < 1.29 is 29.0 Å². The second-order valence-corrected chi connectivity index (χ2v) is 12.5. The van der Waals surface area contributed by atoms with E-state index in [9.17, 15) is 24.3 Å². The van der Waals surface area contributed by atoms with Crippen molar-refractivity contribution in [1.29, 1.82) is 0 Å². The van der Waals surface area contributed by atoms with Gasteiger partial charge in [-0.15, -0.1) is 0 Å². The Balaban J connectivity index is 1.31. The zero-order chi connectivity index (χ0) is 31.6. The number of rotatable bonds is 6. The lowest BCUT2D eigenvalue weighted by atomic mass is 9.57. The van der Waals surface area contributed by atoms with Crippen molar-refractivity contribution in [2.45, 2.75) is 45.4 Å². The Labute approximate surface area is 262 Å². The summed E-state index contributed by atoms with van der Waals surface area (Å²) in [5, 5.41) is 10.8. The molecule has 2 saturated heterocycles. The summed E-state index contributed by atoms with van der Waals surface area (Å²) in [5.41, 5.74) is 4.85. The molecular weight excluding hydrogens is 568 g/mol. The van der Waals surface area contributed by atoms with E-state index in [1.165, 1.54) is 16.9 Å². The Hall–Kier alpha value is -4.72. The number of allylic oxidation sites excluding steroid dienone is 2. The van der Waals surface area contributed by atoms with Gasteiger partial charge in [0.1, 0.15) is 0 Å². The van der Waals surface area contributed by atoms with E-state index >= 15 is 0 Å². The second kappa shape index (κ2) is 11.0. The molecule has 0 unspecified atom stereocenters. The number of aromatic hydroxyl groups is 1. The fourth-order valence-corrected chi connectivity index (χ4v) is 8.13. The summed E-state index contributed by atoms with van der Waals surface area (Å²) in [5.74, 6) is -4.36. The van der Waals surface area contributed by atoms with Crippen molar-refractivity contribution >= 4 is 35.0 Å². The topological polar surface area (TPSA) is 104 Å². The maximum Gasteiger partial charge on any atom is 0.238 e. The van der Waals surface area contributed by atoms with E-state index in [-0.39, 0.29) is 29.4 Å². The number of anilines is 2. The van der Waals surface area contributed by atoms with Gasteiger partial charge in [0.25, 0.3) is 0 Å². The number of hydrogen-bond acceptors (Lipinski definition) is 6. The first-order valence-corrected chi connectivity index (χ1v) is 15.8. The average molecular weight is 605 g/mol. The van der Waals surface area contributed by atoms with Crippen LogP contribution in [0.25, 0.3) is 0 Å². The van der Waals surface area contributed by atoms with Gasteiger partial charge in [0.05, 0.1) is 42.2 Å². The van der Waals surface area contributed by atoms with Gasteiger partial charge in [-0.25, -0.2) is 0 Å². The van der Waals surface area contributed by atoms with E-state index in [4.69, 9.17) is 4.74 Å². The second-order valence-electron chi connectivity index (χ2n) is 12.5. The molecule has 0 bridgehead atoms. The standard InChI is InChI=1S/C37H36N2O6/c1-4-20-6-11-23(12-7-20)38-34(41)26-16-15-25-27(32(26)36(38)43)19-28-33(31(25)22-10-17-30(45-3)29(40)18-22)37(44)39(35(28)42)24-13-8-21(5-2)9-14-24/h6-15,17-18,26-28,31-33,40H,4-5,16,19H2,1-3H3/t26-,27+,28+,31-,32-,33+/m0/s1. The van der Waals surface area contributed by atoms with Crippen LogP contribution in [-0.2, 0) is 32.0 Å². The molecule has 6 atom stereocenters. The molecule has 230 valence electrons. The van der Waals surface area contributed by atoms with Crippen molar-refractivity contribution in [1.82, 2.24) is 0 Å². The van der Waals surface area contributed by atoms with Crippen LogP contribution in [-0.4, -0.2) is 35.8 Å². The molecule has 2 heterocycles. The minimum Gasteiger partial charge on any atom is -0.504 e. The molecule has 1 saturated carbocycles. The van der Waals surface area contributed by atoms with Crippen LogP contribution in [0.4, 0.5) is 11.4 Å². The number of nitrogens with zero attached hydrogens (tertiary/aromatic N) is 2. The summed E-state index contributed by atoms with van der Waals surface area (Å²) in [6, 6.07) is 20.0. The van der Waals surface area contributed by atoms with Crippen molar-refractivity contribution in [3.8, 4) is 11.5 Å². The summed E-state index contributed by atoms with van der Waals surface area (Å²) in [6.45, 7) is 4.10. The van der Waals surface area contributed by atoms with Gasteiger partial charge < -0.3 is 9.84 Å². The fraction of sp³-hybridized carbons (Fsp3) is 0.351. The first-order valence-electron chi connectivity index (χ1n) is 15.8. The Morgan fingerprint density at radius 2 is 1.27 bits per heavy atom. The number of phenolic OH excluding ortho intramolecular Hbond substituents is 1. The Morgan fingerprint density at radius 1 is 0.711 bits per heavy atom. The summed E-state index contributed by atoms with van der Waals surface area (Å²) in [4.78, 5) is 59.0. The molecule has 8 heteroatoms. The zero-order valence-electron chi connectivity index (χ0n) is 25.6. The quantitative estimate of drug-likeness (QED) is 0.292. The normalized spacial score (nSPS) is 27.3. The number of amides is 4. The van der Waals surface area contributed by atoms with Crippen molar-refractivity contribution in [2.24, 2.45) is 29.6 Å². The lowest BCUT2D eigenvalue weighted by Gasteiger charge is -2.44. The van der Waals surface area contributed by atoms with E-state index in [1.54, 1.807) is 12.1 Å². The number of aryl methyl sites for hydroxylation is 2. The van der Waals surface area contributed by atoms with E-state index in [1.807, 2.05) is 67.6 Å². The van der Waals surface area contributed by atoms with Gasteiger partial charge in [-0.3, -0.25) is 29.0 Å². The monoisotopic (exact) mass is 604 g/mol. The minimum atomic E-state index is -0.708. The highest BCUT2D eigenvalue weighted by Crippen LogP contribution is 2.58. The summed E-state index contributed by atoms with van der Waals surface area (Å²) < 4.78 is 5.28. The molecule has 0 spiro atoms. The maximum atomic E-state index is 14.3. The highest BCUT2D eigenvalue weighted by molar-refractivity contribution is 6.24. The first kappa shape index (κ1) is 29.0. The van der Waals surface area contributed by atoms with Crippen molar-refractivity contribution in [3.05, 3.63) is 95.1 Å². The third-order valence-electron chi connectivity index (χ3n) is 10.4. The predicted octanol–water partition coefficient (Wildman–Crippen LogP) is 5.57. The van der Waals surface area contributed by atoms with Gasteiger partial charge in [0.2, 0.25) is 23.6 Å². The molecule has 7 rings (SSSR count). The number of ether oxygens (including phenoxy) is 1. The van der Waals surface area contributed by atoms with Gasteiger partial charge in [-0.1, -0.05) is 55.8 Å². The zero-order valence-corrected chi connectivity index (χ0v) is 25.6. The van der Waals surface area contributed by atoms with Crippen LogP contribution in [0.2, 0.25) is 0 Å². The number of carbonyl (C=O) groups excluding carboxylic acids is 4. The maximum absolute atomic E-state index is 14.3. The summed E-state index contributed by atoms with van der Waals surface area (Å²) >= 11 is 0. The molecule has 4 aliphatic rings. The molecule has 0 aromatic heterocycles. The van der Waals surface area contributed by atoms with E-state index in [0.29, 0.717) is 35.5 Å². The number of carbonyl (C=O) groups is 4. The van der Waals surface area contributed by atoms with Crippen molar-refractivity contribution in [2.75, 3.05) is 16.9 Å². The number of benzene rings is 3. The lowest BCUT2D eigenvalue weighted by Crippen LogP contribution is -2.43. The number of imide groups is 2. The molecule has 2 aliphatic carbocycles. The largest absolute Gasteiger partial charge is 0.504 e. The van der Waals surface area contributed by atoms with Gasteiger partial charge in [-0.05, 0) is 84.7 Å². The molecule has 45 heavy (non-hydrogen) atoms. The molecule has 4 amide bonds. The van der Waals surface area contributed by atoms with Crippen LogP contribution in [0.1, 0.15) is 49.3 Å². The highest BCUT2D eigenvalue weighted by Gasteiger charge is 2.62. The third-order valence-corrected chi connectivity index (χ3v) is 10.4. The van der Waals surface area contributed by atoms with Crippen LogP contribution in [0.3, 0.4) is 0 Å². The van der Waals surface area contributed by atoms with Crippen LogP contribution in [0, 0.1) is 29.6 Å². The minimum absolute atomic E-state index is 0.0689. The van der Waals surface area contributed by atoms with Crippen molar-refractivity contribution in [3.63, 3.8) is 0 Å². The Morgan fingerprint density at radius 3 is 1.80 bits per heavy atom. The summed E-state index contributed by atoms with van der Waals surface area (Å²) in [6.07, 6.45) is 4.36. The van der Waals surface area contributed by atoms with Gasteiger partial charge in [0.15, 0.2) is 11.5 Å². The molecule has 2 aliphatic heterocycles. The number of methoxy groups -OCH3 is 1. The summed E-state index contributed by atoms with van der Waals surface area (Å²) in [7, 11) is 1.47. The molecule has 3 fully saturated rings. The van der Waals surface area contributed by atoms with Gasteiger partial charge >= 0.3 is 0 Å². The van der Waals surface area contributed by atoms with Gasteiger partial charge in [-0.2, -0.15) is 0 Å². The van der Waals surface area contributed by atoms with Crippen LogP contribution < -0.4 is 14.5 Å². The van der Waals surface area contributed by atoms with Gasteiger partial charge in [0, 0.05) is 5.92 Å². The predicted molar refractivity (Wildman–Crippen MR) is 169 cm³/mol. The Kier molecular flexibility index (Phi) is 7.10. The van der Waals surface area contributed by atoms with Crippen LogP contribution >= 0.6 is 0 Å². The Bertz CT molecular complexity index is 1740. The van der Waals surface area contributed by atoms with Crippen LogP contribution in [0.15, 0.2) is 78.4 Å². The number of phenols is 1. The number of fused-ring (bicyclic) bond motifs is 4.